The average molecular weight is 221 g/mol. The molecule has 0 aliphatic carbocycles. The second kappa shape index (κ2) is 4.53. The third-order valence-electron chi connectivity index (χ3n) is 1.59. The van der Waals surface area contributed by atoms with Crippen LogP contribution >= 0.6 is 23.2 Å². The normalized spacial score (nSPS) is 10.5. The highest BCUT2D eigenvalue weighted by Gasteiger charge is 2.09. The fourth-order valence-corrected chi connectivity index (χ4v) is 1.11. The van der Waals surface area contributed by atoms with E-state index in [9.17, 15) is 4.79 Å². The van der Waals surface area contributed by atoms with Crippen molar-refractivity contribution in [2.75, 3.05) is 6.54 Å². The van der Waals surface area contributed by atoms with Crippen molar-refractivity contribution in [2.24, 2.45) is 7.05 Å². The summed E-state index contributed by atoms with van der Waals surface area (Å²) in [6.45, 7) is 0.257. The summed E-state index contributed by atoms with van der Waals surface area (Å²) < 4.78 is 1.73. The SMILES string of the molecule is Cn1cccc1C(=O)NCC(Cl)Cl. The van der Waals surface area contributed by atoms with Crippen LogP contribution in [-0.4, -0.2) is 21.9 Å². The van der Waals surface area contributed by atoms with Crippen LogP contribution in [0.15, 0.2) is 18.3 Å². The minimum absolute atomic E-state index is 0.168. The van der Waals surface area contributed by atoms with Gasteiger partial charge < -0.3 is 9.88 Å². The summed E-state index contributed by atoms with van der Waals surface area (Å²) in [6, 6.07) is 3.53. The Labute approximate surface area is 86.6 Å². The summed E-state index contributed by atoms with van der Waals surface area (Å²) in [5, 5.41) is 2.60. The Morgan fingerprint density at radius 3 is 2.85 bits per heavy atom. The number of alkyl halides is 2. The number of hydrogen-bond donors (Lipinski definition) is 1. The average Bonchev–Trinajstić information content (AvgIpc) is 2.47. The van der Waals surface area contributed by atoms with Crippen molar-refractivity contribution in [2.45, 2.75) is 4.84 Å². The molecule has 0 unspecified atom stereocenters. The van der Waals surface area contributed by atoms with Crippen LogP contribution in [0.25, 0.3) is 0 Å². The Kier molecular flexibility index (Phi) is 3.63. The molecular formula is C8H10Cl2N2O. The van der Waals surface area contributed by atoms with Crippen LogP contribution in [-0.2, 0) is 7.05 Å². The van der Waals surface area contributed by atoms with Gasteiger partial charge in [0.25, 0.3) is 5.91 Å². The third kappa shape index (κ3) is 2.94. The van der Waals surface area contributed by atoms with Crippen LogP contribution < -0.4 is 5.32 Å². The van der Waals surface area contributed by atoms with E-state index in [4.69, 9.17) is 23.2 Å². The van der Waals surface area contributed by atoms with E-state index in [1.807, 2.05) is 0 Å². The zero-order chi connectivity index (χ0) is 9.84. The lowest BCUT2D eigenvalue weighted by Gasteiger charge is -2.05. The van der Waals surface area contributed by atoms with Crippen molar-refractivity contribution < 1.29 is 4.79 Å². The Morgan fingerprint density at radius 2 is 2.38 bits per heavy atom. The summed E-state index contributed by atoms with van der Waals surface area (Å²) in [5.41, 5.74) is 0.592. The molecule has 0 saturated heterocycles. The minimum atomic E-state index is -0.566. The van der Waals surface area contributed by atoms with Gasteiger partial charge in [-0.25, -0.2) is 0 Å². The summed E-state index contributed by atoms with van der Waals surface area (Å²) in [4.78, 5) is 10.8. The monoisotopic (exact) mass is 220 g/mol. The summed E-state index contributed by atoms with van der Waals surface area (Å²) in [6.07, 6.45) is 1.80. The topological polar surface area (TPSA) is 34.0 Å². The lowest BCUT2D eigenvalue weighted by molar-refractivity contribution is 0.0947. The number of nitrogens with zero attached hydrogens (tertiary/aromatic N) is 1. The first kappa shape index (κ1) is 10.4. The lowest BCUT2D eigenvalue weighted by Crippen LogP contribution is -2.29. The van der Waals surface area contributed by atoms with Crippen LogP contribution in [0.3, 0.4) is 0 Å². The number of aryl methyl sites for hydroxylation is 1. The van der Waals surface area contributed by atoms with Crippen molar-refractivity contribution >= 4 is 29.1 Å². The maximum absolute atomic E-state index is 11.4. The molecule has 0 aliphatic heterocycles. The number of nitrogens with one attached hydrogen (secondary N) is 1. The Balaban J connectivity index is 2.54. The number of carbonyl (C=O) groups excluding carboxylic acids is 1. The lowest BCUT2D eigenvalue weighted by atomic mass is 10.4. The molecule has 5 heteroatoms. The minimum Gasteiger partial charge on any atom is -0.348 e. The maximum Gasteiger partial charge on any atom is 0.267 e. The van der Waals surface area contributed by atoms with Gasteiger partial charge in [0.1, 0.15) is 10.5 Å². The molecule has 0 aromatic carbocycles. The smallest absolute Gasteiger partial charge is 0.267 e. The molecule has 1 aromatic rings. The number of carbonyl (C=O) groups is 1. The largest absolute Gasteiger partial charge is 0.348 e. The van der Waals surface area contributed by atoms with Crippen LogP contribution in [0.1, 0.15) is 10.5 Å². The van der Waals surface area contributed by atoms with E-state index >= 15 is 0 Å². The van der Waals surface area contributed by atoms with E-state index in [1.165, 1.54) is 0 Å². The highest BCUT2D eigenvalue weighted by molar-refractivity contribution is 6.44. The van der Waals surface area contributed by atoms with Gasteiger partial charge in [-0.3, -0.25) is 4.79 Å². The first-order chi connectivity index (χ1) is 6.11. The molecule has 72 valence electrons. The highest BCUT2D eigenvalue weighted by atomic mass is 35.5. The Morgan fingerprint density at radius 1 is 1.69 bits per heavy atom. The maximum atomic E-state index is 11.4. The molecule has 0 radical (unpaired) electrons. The molecule has 0 spiro atoms. The van der Waals surface area contributed by atoms with Crippen LogP contribution in [0.4, 0.5) is 0 Å². The molecule has 1 N–H and O–H groups in total. The summed E-state index contributed by atoms with van der Waals surface area (Å²) in [7, 11) is 1.80. The number of halogens is 2. The second-order valence-corrected chi connectivity index (χ2v) is 3.88. The molecule has 1 aromatic heterocycles. The molecule has 1 amide bonds. The fraction of sp³-hybridized carbons (Fsp3) is 0.375. The van der Waals surface area contributed by atoms with Gasteiger partial charge in [-0.05, 0) is 12.1 Å². The first-order valence-electron chi connectivity index (χ1n) is 3.79. The fourth-order valence-electron chi connectivity index (χ4n) is 0.957. The predicted molar refractivity (Wildman–Crippen MR) is 53.2 cm³/mol. The standard InChI is InChI=1S/C8H10Cl2N2O/c1-12-4-2-3-6(12)8(13)11-5-7(9)10/h2-4,7H,5H2,1H3,(H,11,13). The number of aromatic nitrogens is 1. The van der Waals surface area contributed by atoms with Gasteiger partial charge >= 0.3 is 0 Å². The third-order valence-corrected chi connectivity index (χ3v) is 1.90. The quantitative estimate of drug-likeness (QED) is 0.772. The van der Waals surface area contributed by atoms with Gasteiger partial charge in [-0.2, -0.15) is 0 Å². The molecule has 3 nitrogen and oxygen atoms in total. The zero-order valence-electron chi connectivity index (χ0n) is 7.13. The first-order valence-corrected chi connectivity index (χ1v) is 4.66. The van der Waals surface area contributed by atoms with Gasteiger partial charge in [0.15, 0.2) is 0 Å². The van der Waals surface area contributed by atoms with E-state index in [0.29, 0.717) is 5.69 Å². The number of amides is 1. The molecule has 0 atom stereocenters. The van der Waals surface area contributed by atoms with Gasteiger partial charge in [-0.15, -0.1) is 23.2 Å². The van der Waals surface area contributed by atoms with E-state index in [2.05, 4.69) is 5.32 Å². The summed E-state index contributed by atoms with van der Waals surface area (Å²) in [5.74, 6) is -0.168. The van der Waals surface area contributed by atoms with E-state index < -0.39 is 4.84 Å². The Hall–Kier alpha value is -0.670. The molecule has 0 bridgehead atoms. The Bertz CT molecular complexity index is 296. The van der Waals surface area contributed by atoms with Gasteiger partial charge in [0, 0.05) is 19.8 Å². The molecule has 1 heterocycles. The van der Waals surface area contributed by atoms with Crippen molar-refractivity contribution in [3.8, 4) is 0 Å². The zero-order valence-corrected chi connectivity index (χ0v) is 8.64. The van der Waals surface area contributed by atoms with Crippen LogP contribution in [0, 0.1) is 0 Å². The van der Waals surface area contributed by atoms with Crippen LogP contribution in [0.2, 0.25) is 0 Å². The van der Waals surface area contributed by atoms with Crippen molar-refractivity contribution in [3.05, 3.63) is 24.0 Å². The second-order valence-electron chi connectivity index (χ2n) is 2.61. The molecule has 0 aliphatic rings. The highest BCUT2D eigenvalue weighted by Crippen LogP contribution is 2.01. The molecule has 0 fully saturated rings. The molecule has 13 heavy (non-hydrogen) atoms. The summed E-state index contributed by atoms with van der Waals surface area (Å²) >= 11 is 10.9. The van der Waals surface area contributed by atoms with Gasteiger partial charge in [0.05, 0.1) is 0 Å². The van der Waals surface area contributed by atoms with Crippen molar-refractivity contribution in [3.63, 3.8) is 0 Å². The molecule has 0 saturated carbocycles. The number of hydrogen-bond acceptors (Lipinski definition) is 1. The van der Waals surface area contributed by atoms with E-state index in [0.717, 1.165) is 0 Å². The van der Waals surface area contributed by atoms with Gasteiger partial charge in [0.2, 0.25) is 0 Å². The molecular weight excluding hydrogens is 211 g/mol. The van der Waals surface area contributed by atoms with E-state index in [-0.39, 0.29) is 12.5 Å². The number of rotatable bonds is 3. The van der Waals surface area contributed by atoms with E-state index in [1.54, 1.807) is 29.9 Å². The predicted octanol–water partition coefficient (Wildman–Crippen LogP) is 1.56. The van der Waals surface area contributed by atoms with Crippen LogP contribution in [0.5, 0.6) is 0 Å². The van der Waals surface area contributed by atoms with Gasteiger partial charge in [-0.1, -0.05) is 0 Å². The van der Waals surface area contributed by atoms with Crippen molar-refractivity contribution in [1.82, 2.24) is 9.88 Å². The molecule has 1 rings (SSSR count). The van der Waals surface area contributed by atoms with Crippen molar-refractivity contribution in [1.29, 1.82) is 0 Å².